The summed E-state index contributed by atoms with van der Waals surface area (Å²) in [6.07, 6.45) is 2.85. The maximum absolute atomic E-state index is 13.0. The SMILES string of the molecule is Cc1cc(COc2ccc(C(=O)N[C@@H]3CN(C(=O)C4CCC4)C[C@@H]3CC(=O)NO)cc2)c2ccccc2n1. The summed E-state index contributed by atoms with van der Waals surface area (Å²) in [6.45, 7) is 3.06. The Bertz CT molecular complexity index is 1340. The molecule has 3 aromatic rings. The molecule has 1 aromatic heterocycles. The van der Waals surface area contributed by atoms with Gasteiger partial charge in [-0.25, -0.2) is 5.48 Å². The van der Waals surface area contributed by atoms with E-state index in [1.54, 1.807) is 34.6 Å². The number of pyridine rings is 1. The second-order valence-corrected chi connectivity index (χ2v) is 10.2. The molecule has 2 heterocycles. The number of ether oxygens (including phenoxy) is 1. The van der Waals surface area contributed by atoms with Crippen molar-refractivity contribution in [3.8, 4) is 5.75 Å². The third kappa shape index (κ3) is 5.62. The monoisotopic (exact) mass is 516 g/mol. The number of aryl methyl sites for hydroxylation is 1. The van der Waals surface area contributed by atoms with Crippen LogP contribution >= 0.6 is 0 Å². The van der Waals surface area contributed by atoms with E-state index < -0.39 is 5.91 Å². The van der Waals surface area contributed by atoms with Crippen LogP contribution in [0.2, 0.25) is 0 Å². The Hall–Kier alpha value is -3.98. The number of hydroxylamine groups is 1. The van der Waals surface area contributed by atoms with Crippen LogP contribution < -0.4 is 15.5 Å². The van der Waals surface area contributed by atoms with Crippen LogP contribution in [0.25, 0.3) is 10.9 Å². The van der Waals surface area contributed by atoms with Crippen molar-refractivity contribution in [2.24, 2.45) is 11.8 Å². The number of hydrogen-bond donors (Lipinski definition) is 3. The number of carbonyl (C=O) groups excluding carboxylic acids is 3. The van der Waals surface area contributed by atoms with Gasteiger partial charge < -0.3 is 15.0 Å². The highest BCUT2D eigenvalue weighted by molar-refractivity contribution is 5.94. The number of carbonyl (C=O) groups is 3. The van der Waals surface area contributed by atoms with Gasteiger partial charge in [0.25, 0.3) is 5.91 Å². The van der Waals surface area contributed by atoms with Gasteiger partial charge in [0.05, 0.1) is 11.6 Å². The van der Waals surface area contributed by atoms with E-state index in [1.807, 2.05) is 37.3 Å². The number of rotatable bonds is 8. The largest absolute Gasteiger partial charge is 0.489 e. The number of amides is 3. The number of fused-ring (bicyclic) bond motifs is 1. The zero-order valence-corrected chi connectivity index (χ0v) is 21.4. The van der Waals surface area contributed by atoms with Crippen LogP contribution in [0.1, 0.15) is 47.3 Å². The lowest BCUT2D eigenvalue weighted by atomic mass is 9.84. The van der Waals surface area contributed by atoms with E-state index in [1.165, 1.54) is 0 Å². The predicted molar refractivity (Wildman–Crippen MR) is 140 cm³/mol. The van der Waals surface area contributed by atoms with Gasteiger partial charge >= 0.3 is 0 Å². The zero-order chi connectivity index (χ0) is 26.6. The van der Waals surface area contributed by atoms with Gasteiger partial charge in [0.1, 0.15) is 12.4 Å². The van der Waals surface area contributed by atoms with Crippen LogP contribution in [0.4, 0.5) is 0 Å². The second kappa shape index (κ2) is 11.2. The Morgan fingerprint density at radius 2 is 1.84 bits per heavy atom. The molecule has 3 N–H and O–H groups in total. The first-order chi connectivity index (χ1) is 18.4. The summed E-state index contributed by atoms with van der Waals surface area (Å²) in [4.78, 5) is 44.0. The Morgan fingerprint density at radius 1 is 1.08 bits per heavy atom. The third-order valence-corrected chi connectivity index (χ3v) is 7.54. The number of aromatic nitrogens is 1. The lowest BCUT2D eigenvalue weighted by molar-refractivity contribution is -0.137. The molecular formula is C29H32N4O5. The maximum Gasteiger partial charge on any atom is 0.251 e. The first-order valence-corrected chi connectivity index (χ1v) is 13.0. The molecule has 2 aromatic carbocycles. The number of nitrogens with zero attached hydrogens (tertiary/aromatic N) is 2. The molecule has 5 rings (SSSR count). The van der Waals surface area contributed by atoms with Gasteiger partial charge in [-0.15, -0.1) is 0 Å². The van der Waals surface area contributed by atoms with Crippen LogP contribution in [0.5, 0.6) is 5.75 Å². The third-order valence-electron chi connectivity index (χ3n) is 7.54. The lowest BCUT2D eigenvalue weighted by Crippen LogP contribution is -2.43. The van der Waals surface area contributed by atoms with E-state index in [-0.39, 0.29) is 36.1 Å². The zero-order valence-electron chi connectivity index (χ0n) is 21.4. The maximum atomic E-state index is 13.0. The molecule has 2 aliphatic rings. The summed E-state index contributed by atoms with van der Waals surface area (Å²) >= 11 is 0. The fourth-order valence-electron chi connectivity index (χ4n) is 5.25. The smallest absolute Gasteiger partial charge is 0.251 e. The van der Waals surface area contributed by atoms with Gasteiger partial charge in [0.2, 0.25) is 11.8 Å². The Morgan fingerprint density at radius 3 is 2.55 bits per heavy atom. The van der Waals surface area contributed by atoms with Gasteiger partial charge in [-0.3, -0.25) is 24.6 Å². The summed E-state index contributed by atoms with van der Waals surface area (Å²) in [5.74, 6) is -0.345. The molecule has 0 bridgehead atoms. The minimum Gasteiger partial charge on any atom is -0.489 e. The summed E-state index contributed by atoms with van der Waals surface area (Å²) in [6, 6.07) is 16.5. The molecule has 2 fully saturated rings. The summed E-state index contributed by atoms with van der Waals surface area (Å²) in [5.41, 5.74) is 4.99. The Labute approximate surface area is 221 Å². The Kier molecular flexibility index (Phi) is 7.55. The molecule has 1 saturated heterocycles. The topological polar surface area (TPSA) is 121 Å². The minimum absolute atomic E-state index is 0.0197. The van der Waals surface area contributed by atoms with E-state index in [0.29, 0.717) is 31.0 Å². The molecular weight excluding hydrogens is 484 g/mol. The molecule has 1 aliphatic heterocycles. The van der Waals surface area contributed by atoms with Crippen molar-refractivity contribution < 1.29 is 24.3 Å². The van der Waals surface area contributed by atoms with E-state index in [2.05, 4.69) is 10.3 Å². The van der Waals surface area contributed by atoms with E-state index >= 15 is 0 Å². The highest BCUT2D eigenvalue weighted by atomic mass is 16.5. The number of hydrogen-bond acceptors (Lipinski definition) is 6. The van der Waals surface area contributed by atoms with Crippen LogP contribution in [-0.4, -0.2) is 51.9 Å². The minimum atomic E-state index is -0.536. The standard InChI is InChI=1S/C29H32N4O5/c1-18-13-22(24-7-2-3-8-25(24)30-18)17-38-23-11-9-19(10-12-23)28(35)31-26-16-33(29(36)20-5-4-6-20)15-21(26)14-27(34)32-37/h2-3,7-13,20-21,26,37H,4-6,14-17H2,1H3,(H,31,35)(H,32,34)/t21-,26+/m0/s1. The molecule has 2 atom stereocenters. The number of para-hydroxylation sites is 1. The molecule has 1 saturated carbocycles. The average molecular weight is 517 g/mol. The lowest BCUT2D eigenvalue weighted by Gasteiger charge is -2.29. The molecule has 9 heteroatoms. The summed E-state index contributed by atoms with van der Waals surface area (Å²) < 4.78 is 6.00. The van der Waals surface area contributed by atoms with Crippen molar-refractivity contribution in [2.75, 3.05) is 13.1 Å². The van der Waals surface area contributed by atoms with Gasteiger partial charge in [0, 0.05) is 53.6 Å². The molecule has 0 radical (unpaired) electrons. The van der Waals surface area contributed by atoms with E-state index in [4.69, 9.17) is 9.94 Å². The average Bonchev–Trinajstić information content (AvgIpc) is 3.28. The van der Waals surface area contributed by atoms with Crippen molar-refractivity contribution in [2.45, 2.75) is 45.3 Å². The Balaban J connectivity index is 1.22. The quantitative estimate of drug-likeness (QED) is 0.312. The van der Waals surface area contributed by atoms with Gasteiger partial charge in [0.15, 0.2) is 0 Å². The number of benzene rings is 2. The van der Waals surface area contributed by atoms with Crippen molar-refractivity contribution >= 4 is 28.6 Å². The molecule has 9 nitrogen and oxygen atoms in total. The van der Waals surface area contributed by atoms with Gasteiger partial charge in [-0.2, -0.15) is 0 Å². The van der Waals surface area contributed by atoms with E-state index in [0.717, 1.165) is 41.4 Å². The van der Waals surface area contributed by atoms with Crippen LogP contribution in [0.15, 0.2) is 54.6 Å². The molecule has 0 spiro atoms. The summed E-state index contributed by atoms with van der Waals surface area (Å²) in [5, 5.41) is 13.0. The fraction of sp³-hybridized carbons (Fsp3) is 0.379. The van der Waals surface area contributed by atoms with Gasteiger partial charge in [-0.1, -0.05) is 24.6 Å². The van der Waals surface area contributed by atoms with E-state index in [9.17, 15) is 14.4 Å². The molecule has 198 valence electrons. The van der Waals surface area contributed by atoms with Crippen LogP contribution in [0.3, 0.4) is 0 Å². The second-order valence-electron chi connectivity index (χ2n) is 10.2. The highest BCUT2D eigenvalue weighted by Crippen LogP contribution is 2.31. The van der Waals surface area contributed by atoms with Crippen molar-refractivity contribution in [3.63, 3.8) is 0 Å². The van der Waals surface area contributed by atoms with Crippen molar-refractivity contribution in [1.29, 1.82) is 0 Å². The molecule has 0 unspecified atom stereocenters. The number of nitrogens with one attached hydrogen (secondary N) is 2. The predicted octanol–water partition coefficient (Wildman–Crippen LogP) is 3.37. The number of likely N-dealkylation sites (tertiary alicyclic amines) is 1. The van der Waals surface area contributed by atoms with Gasteiger partial charge in [-0.05, 0) is 56.2 Å². The fourth-order valence-corrected chi connectivity index (χ4v) is 5.25. The molecule has 3 amide bonds. The first-order valence-electron chi connectivity index (χ1n) is 13.0. The van der Waals surface area contributed by atoms with Crippen molar-refractivity contribution in [1.82, 2.24) is 20.7 Å². The molecule has 1 aliphatic carbocycles. The highest BCUT2D eigenvalue weighted by Gasteiger charge is 2.40. The van der Waals surface area contributed by atoms with Crippen molar-refractivity contribution in [3.05, 3.63) is 71.4 Å². The first kappa shape index (κ1) is 25.7. The van der Waals surface area contributed by atoms with Crippen LogP contribution in [0, 0.1) is 18.8 Å². The normalized spacial score (nSPS) is 19.2. The summed E-state index contributed by atoms with van der Waals surface area (Å²) in [7, 11) is 0. The molecule has 38 heavy (non-hydrogen) atoms. The van der Waals surface area contributed by atoms with Crippen LogP contribution in [-0.2, 0) is 16.2 Å².